The van der Waals surface area contributed by atoms with E-state index in [0.29, 0.717) is 6.42 Å². The summed E-state index contributed by atoms with van der Waals surface area (Å²) in [5.74, 6) is -3.92. The van der Waals surface area contributed by atoms with Gasteiger partial charge in [-0.3, -0.25) is 0 Å². The van der Waals surface area contributed by atoms with Crippen LogP contribution >= 0.6 is 0 Å². The Morgan fingerprint density at radius 2 is 1.79 bits per heavy atom. The largest absolute Gasteiger partial charge is 0.324 e. The van der Waals surface area contributed by atoms with Crippen molar-refractivity contribution in [2.75, 3.05) is 0 Å². The van der Waals surface area contributed by atoms with E-state index in [1.165, 1.54) is 6.08 Å². The minimum absolute atomic E-state index is 0.223. The molecule has 0 aliphatic carbocycles. The van der Waals surface area contributed by atoms with Crippen LogP contribution in [-0.2, 0) is 0 Å². The van der Waals surface area contributed by atoms with E-state index >= 15 is 0 Å². The van der Waals surface area contributed by atoms with Crippen molar-refractivity contribution in [1.29, 1.82) is 0 Å². The first-order valence-corrected chi connectivity index (χ1v) is 4.07. The molecule has 1 aromatic carbocycles. The summed E-state index contributed by atoms with van der Waals surface area (Å²) in [4.78, 5) is 0. The summed E-state index contributed by atoms with van der Waals surface area (Å²) in [5, 5.41) is 0. The van der Waals surface area contributed by atoms with Gasteiger partial charge in [0, 0.05) is 6.04 Å². The van der Waals surface area contributed by atoms with E-state index in [1.54, 1.807) is 0 Å². The Morgan fingerprint density at radius 3 is 2.21 bits per heavy atom. The molecule has 4 heteroatoms. The minimum Gasteiger partial charge on any atom is -0.324 e. The molecular weight excluding hydrogens is 191 g/mol. The molecule has 0 saturated heterocycles. The van der Waals surface area contributed by atoms with Gasteiger partial charge in [-0.05, 0) is 24.1 Å². The molecule has 76 valence electrons. The van der Waals surface area contributed by atoms with Crippen LogP contribution in [-0.4, -0.2) is 0 Å². The zero-order chi connectivity index (χ0) is 10.7. The highest BCUT2D eigenvalue weighted by atomic mass is 19.2. The van der Waals surface area contributed by atoms with Gasteiger partial charge in [-0.15, -0.1) is 6.58 Å². The lowest BCUT2D eigenvalue weighted by Crippen LogP contribution is -2.10. The van der Waals surface area contributed by atoms with Crippen LogP contribution < -0.4 is 5.73 Å². The second kappa shape index (κ2) is 4.28. The van der Waals surface area contributed by atoms with Crippen LogP contribution in [0.3, 0.4) is 0 Å². The molecule has 0 heterocycles. The third-order valence-corrected chi connectivity index (χ3v) is 1.85. The van der Waals surface area contributed by atoms with Gasteiger partial charge in [0.2, 0.25) is 0 Å². The fourth-order valence-corrected chi connectivity index (χ4v) is 1.10. The number of hydrogen-bond acceptors (Lipinski definition) is 1. The molecule has 0 radical (unpaired) electrons. The highest BCUT2D eigenvalue weighted by Crippen LogP contribution is 2.19. The van der Waals surface area contributed by atoms with Crippen molar-refractivity contribution < 1.29 is 13.2 Å². The summed E-state index contributed by atoms with van der Waals surface area (Å²) < 4.78 is 38.0. The van der Waals surface area contributed by atoms with Gasteiger partial charge in [-0.25, -0.2) is 13.2 Å². The van der Waals surface area contributed by atoms with E-state index < -0.39 is 23.5 Å². The summed E-state index contributed by atoms with van der Waals surface area (Å²) in [5.41, 5.74) is 5.79. The Hall–Kier alpha value is -1.29. The zero-order valence-electron chi connectivity index (χ0n) is 7.43. The summed E-state index contributed by atoms with van der Waals surface area (Å²) in [7, 11) is 0. The molecule has 0 saturated carbocycles. The maximum absolute atomic E-state index is 12.7. The first-order chi connectivity index (χ1) is 6.56. The van der Waals surface area contributed by atoms with Gasteiger partial charge < -0.3 is 5.73 Å². The molecule has 0 aliphatic rings. The Balaban J connectivity index is 3.05. The fraction of sp³-hybridized carbons (Fsp3) is 0.200. The summed E-state index contributed by atoms with van der Waals surface area (Å²) >= 11 is 0. The molecule has 1 atom stereocenters. The smallest absolute Gasteiger partial charge is 0.194 e. The van der Waals surface area contributed by atoms with Crippen molar-refractivity contribution >= 4 is 0 Å². The SMILES string of the molecule is C=CC[C@H](N)c1cc(F)c(F)c(F)c1. The lowest BCUT2D eigenvalue weighted by molar-refractivity contribution is 0.443. The third kappa shape index (κ3) is 2.14. The van der Waals surface area contributed by atoms with E-state index in [-0.39, 0.29) is 5.56 Å². The average Bonchev–Trinajstić information content (AvgIpc) is 2.13. The topological polar surface area (TPSA) is 26.0 Å². The van der Waals surface area contributed by atoms with Crippen molar-refractivity contribution in [1.82, 2.24) is 0 Å². The molecule has 1 rings (SSSR count). The number of rotatable bonds is 3. The maximum Gasteiger partial charge on any atom is 0.194 e. The van der Waals surface area contributed by atoms with Gasteiger partial charge in [0.05, 0.1) is 0 Å². The molecule has 1 nitrogen and oxygen atoms in total. The fourth-order valence-electron chi connectivity index (χ4n) is 1.10. The molecule has 0 bridgehead atoms. The van der Waals surface area contributed by atoms with Crippen molar-refractivity contribution in [2.24, 2.45) is 5.73 Å². The predicted octanol–water partition coefficient (Wildman–Crippen LogP) is 2.68. The number of halogens is 3. The molecule has 2 N–H and O–H groups in total. The van der Waals surface area contributed by atoms with E-state index in [9.17, 15) is 13.2 Å². The Bertz CT molecular complexity index is 326. The van der Waals surface area contributed by atoms with Gasteiger partial charge in [0.15, 0.2) is 17.5 Å². The molecule has 1 aromatic rings. The highest BCUT2D eigenvalue weighted by Gasteiger charge is 2.13. The van der Waals surface area contributed by atoms with Crippen LogP contribution in [0.4, 0.5) is 13.2 Å². The van der Waals surface area contributed by atoms with Crippen LogP contribution in [0.2, 0.25) is 0 Å². The number of nitrogens with two attached hydrogens (primary N) is 1. The second-order valence-corrected chi connectivity index (χ2v) is 2.93. The van der Waals surface area contributed by atoms with Crippen LogP contribution in [0.5, 0.6) is 0 Å². The van der Waals surface area contributed by atoms with E-state index in [4.69, 9.17) is 5.73 Å². The third-order valence-electron chi connectivity index (χ3n) is 1.85. The predicted molar refractivity (Wildman–Crippen MR) is 48.1 cm³/mol. The second-order valence-electron chi connectivity index (χ2n) is 2.93. The lowest BCUT2D eigenvalue weighted by Gasteiger charge is -2.09. The molecule has 0 amide bonds. The molecule has 0 unspecified atom stereocenters. The van der Waals surface area contributed by atoms with Crippen LogP contribution in [0, 0.1) is 17.5 Å². The first-order valence-electron chi connectivity index (χ1n) is 4.07. The van der Waals surface area contributed by atoms with Crippen molar-refractivity contribution in [3.05, 3.63) is 47.8 Å². The van der Waals surface area contributed by atoms with Crippen molar-refractivity contribution in [2.45, 2.75) is 12.5 Å². The molecule has 0 spiro atoms. The number of hydrogen-bond donors (Lipinski definition) is 1. The van der Waals surface area contributed by atoms with Crippen LogP contribution in [0.25, 0.3) is 0 Å². The van der Waals surface area contributed by atoms with Crippen LogP contribution in [0.1, 0.15) is 18.0 Å². The molecule has 14 heavy (non-hydrogen) atoms. The lowest BCUT2D eigenvalue weighted by atomic mass is 10.0. The average molecular weight is 201 g/mol. The molecule has 0 aliphatic heterocycles. The minimum atomic E-state index is -1.47. The van der Waals surface area contributed by atoms with Gasteiger partial charge >= 0.3 is 0 Å². The summed E-state index contributed by atoms with van der Waals surface area (Å²) in [6.07, 6.45) is 1.91. The van der Waals surface area contributed by atoms with Gasteiger partial charge in [-0.2, -0.15) is 0 Å². The van der Waals surface area contributed by atoms with E-state index in [0.717, 1.165) is 12.1 Å². The molecular formula is C10H10F3N. The van der Waals surface area contributed by atoms with Crippen molar-refractivity contribution in [3.8, 4) is 0 Å². The highest BCUT2D eigenvalue weighted by molar-refractivity contribution is 5.22. The Labute approximate surface area is 80.0 Å². The van der Waals surface area contributed by atoms with Crippen molar-refractivity contribution in [3.63, 3.8) is 0 Å². The first kappa shape index (κ1) is 10.8. The maximum atomic E-state index is 12.7. The Morgan fingerprint density at radius 1 is 1.29 bits per heavy atom. The summed E-state index contributed by atoms with van der Waals surface area (Å²) in [6.45, 7) is 3.45. The normalized spacial score (nSPS) is 12.6. The monoisotopic (exact) mass is 201 g/mol. The van der Waals surface area contributed by atoms with Gasteiger partial charge in [0.25, 0.3) is 0 Å². The Kier molecular flexibility index (Phi) is 3.30. The van der Waals surface area contributed by atoms with Crippen LogP contribution in [0.15, 0.2) is 24.8 Å². The van der Waals surface area contributed by atoms with Gasteiger partial charge in [-0.1, -0.05) is 6.08 Å². The number of benzene rings is 1. The van der Waals surface area contributed by atoms with E-state index in [1.807, 2.05) is 0 Å². The molecule has 0 aromatic heterocycles. The van der Waals surface area contributed by atoms with E-state index in [2.05, 4.69) is 6.58 Å². The molecule has 0 fully saturated rings. The quantitative estimate of drug-likeness (QED) is 0.590. The summed E-state index contributed by atoms with van der Waals surface area (Å²) in [6, 6.07) is 1.23. The zero-order valence-corrected chi connectivity index (χ0v) is 7.43. The van der Waals surface area contributed by atoms with Gasteiger partial charge in [0.1, 0.15) is 0 Å². The standard InChI is InChI=1S/C10H10F3N/c1-2-3-9(14)6-4-7(11)10(13)8(12)5-6/h2,4-5,9H,1,3,14H2/t9-/m0/s1.